The molecule has 0 aliphatic rings. The summed E-state index contributed by atoms with van der Waals surface area (Å²) >= 11 is 0. The Kier molecular flexibility index (Phi) is 4.62. The summed E-state index contributed by atoms with van der Waals surface area (Å²) in [5, 5.41) is 1.04. The molecule has 0 unspecified atom stereocenters. The molecule has 0 aliphatic carbocycles. The van der Waals surface area contributed by atoms with Crippen molar-refractivity contribution in [3.8, 4) is 5.75 Å². The zero-order chi connectivity index (χ0) is 17.1. The van der Waals surface area contributed by atoms with Crippen LogP contribution in [0, 0.1) is 0 Å². The number of pyridine rings is 1. The van der Waals surface area contributed by atoms with E-state index in [1.54, 1.807) is 30.0 Å². The zero-order valence-electron chi connectivity index (χ0n) is 14.2. The molecular weight excluding hydrogens is 302 g/mol. The number of ether oxygens (including phenoxy) is 1. The smallest absolute Gasteiger partial charge is 0.280 e. The molecule has 0 aliphatic heterocycles. The first-order valence-electron chi connectivity index (χ1n) is 7.88. The second-order valence-electron chi connectivity index (χ2n) is 5.98. The van der Waals surface area contributed by atoms with E-state index in [9.17, 15) is 4.79 Å². The Morgan fingerprint density at radius 3 is 2.75 bits per heavy atom. The number of likely N-dealkylation sites (N-methyl/N-ethyl adjacent to an activating group) is 1. The summed E-state index contributed by atoms with van der Waals surface area (Å²) in [7, 11) is 5.73. The van der Waals surface area contributed by atoms with Gasteiger partial charge in [-0.3, -0.25) is 14.3 Å². The Morgan fingerprint density at radius 1 is 1.25 bits per heavy atom. The highest BCUT2D eigenvalue weighted by Gasteiger charge is 2.16. The van der Waals surface area contributed by atoms with Crippen LogP contribution in [0.5, 0.6) is 5.75 Å². The van der Waals surface area contributed by atoms with Crippen molar-refractivity contribution in [2.75, 3.05) is 27.7 Å². The summed E-state index contributed by atoms with van der Waals surface area (Å²) in [5.74, 6) is 0.665. The van der Waals surface area contributed by atoms with E-state index in [4.69, 9.17) is 4.74 Å². The van der Waals surface area contributed by atoms with Gasteiger partial charge >= 0.3 is 0 Å². The fourth-order valence-corrected chi connectivity index (χ4v) is 2.73. The summed E-state index contributed by atoms with van der Waals surface area (Å²) in [6.07, 6.45) is 4.42. The van der Waals surface area contributed by atoms with E-state index in [-0.39, 0.29) is 5.91 Å². The molecule has 1 aromatic carbocycles. The Bertz CT molecular complexity index is 854. The molecule has 24 heavy (non-hydrogen) atoms. The molecule has 2 aromatic heterocycles. The van der Waals surface area contributed by atoms with Crippen LogP contribution in [0.1, 0.15) is 16.1 Å². The first kappa shape index (κ1) is 16.2. The van der Waals surface area contributed by atoms with Gasteiger partial charge < -0.3 is 9.64 Å². The van der Waals surface area contributed by atoms with E-state index in [1.165, 1.54) is 0 Å². The number of benzene rings is 1. The number of carbonyl (C=O) groups excluding carboxylic acids is 1. The lowest BCUT2D eigenvalue weighted by Crippen LogP contribution is -2.15. The van der Waals surface area contributed by atoms with Crippen LogP contribution in [0.4, 0.5) is 0 Å². The van der Waals surface area contributed by atoms with Crippen LogP contribution in [0.2, 0.25) is 0 Å². The number of fused-ring (bicyclic) bond motifs is 1. The minimum atomic E-state index is -0.123. The lowest BCUT2D eigenvalue weighted by molar-refractivity contribution is 0.0960. The van der Waals surface area contributed by atoms with Crippen molar-refractivity contribution in [3.63, 3.8) is 0 Å². The molecule has 124 valence electrons. The van der Waals surface area contributed by atoms with Gasteiger partial charge in [-0.05, 0) is 56.4 Å². The number of hydrogen-bond acceptors (Lipinski definition) is 4. The average Bonchev–Trinajstić information content (AvgIpc) is 2.97. The summed E-state index contributed by atoms with van der Waals surface area (Å²) in [4.78, 5) is 19.1. The number of hydrogen-bond donors (Lipinski definition) is 0. The Morgan fingerprint density at radius 2 is 2.08 bits per heavy atom. The van der Waals surface area contributed by atoms with Crippen molar-refractivity contribution in [3.05, 3.63) is 60.0 Å². The van der Waals surface area contributed by atoms with Crippen molar-refractivity contribution in [1.82, 2.24) is 14.5 Å². The molecule has 0 fully saturated rings. The highest BCUT2D eigenvalue weighted by Crippen LogP contribution is 2.27. The molecule has 5 nitrogen and oxygen atoms in total. The van der Waals surface area contributed by atoms with E-state index >= 15 is 0 Å². The standard InChI is InChI=1S/C19H21N3O2/c1-21(2)11-9-14-13-22(19(23)17-6-4-5-10-20-17)18-8-7-15(24-3)12-16(14)18/h4-8,10,12-13H,9,11H2,1-3H3. The van der Waals surface area contributed by atoms with E-state index in [0.29, 0.717) is 5.69 Å². The van der Waals surface area contributed by atoms with Gasteiger partial charge in [0.15, 0.2) is 0 Å². The number of nitrogens with zero attached hydrogens (tertiary/aromatic N) is 3. The predicted octanol–water partition coefficient (Wildman–Crippen LogP) is 2.84. The summed E-state index contributed by atoms with van der Waals surface area (Å²) in [6.45, 7) is 0.911. The molecule has 3 rings (SSSR count). The van der Waals surface area contributed by atoms with Crippen LogP contribution in [-0.4, -0.2) is 48.1 Å². The minimum absolute atomic E-state index is 0.123. The maximum atomic E-state index is 12.8. The van der Waals surface area contributed by atoms with Gasteiger partial charge in [0.25, 0.3) is 5.91 Å². The fourth-order valence-electron chi connectivity index (χ4n) is 2.73. The number of carbonyl (C=O) groups is 1. The highest BCUT2D eigenvalue weighted by atomic mass is 16.5. The molecule has 2 heterocycles. The van der Waals surface area contributed by atoms with Gasteiger partial charge in [-0.2, -0.15) is 0 Å². The second kappa shape index (κ2) is 6.84. The maximum Gasteiger partial charge on any atom is 0.280 e. The molecule has 0 spiro atoms. The lowest BCUT2D eigenvalue weighted by atomic mass is 10.1. The van der Waals surface area contributed by atoms with E-state index in [0.717, 1.165) is 35.2 Å². The lowest BCUT2D eigenvalue weighted by Gasteiger charge is -2.08. The predicted molar refractivity (Wildman–Crippen MR) is 94.7 cm³/mol. The van der Waals surface area contributed by atoms with Crippen molar-refractivity contribution in [2.24, 2.45) is 0 Å². The number of aromatic nitrogens is 2. The Balaban J connectivity index is 2.09. The van der Waals surface area contributed by atoms with Crippen LogP contribution in [0.25, 0.3) is 10.9 Å². The molecule has 3 aromatic rings. The first-order chi connectivity index (χ1) is 11.6. The third-order valence-electron chi connectivity index (χ3n) is 4.03. The highest BCUT2D eigenvalue weighted by molar-refractivity contribution is 6.02. The van der Waals surface area contributed by atoms with Crippen LogP contribution in [-0.2, 0) is 6.42 Å². The molecule has 0 saturated heterocycles. The molecule has 0 N–H and O–H groups in total. The maximum absolute atomic E-state index is 12.8. The van der Waals surface area contributed by atoms with Crippen molar-refractivity contribution in [2.45, 2.75) is 6.42 Å². The normalized spacial score (nSPS) is 11.2. The molecular formula is C19H21N3O2. The van der Waals surface area contributed by atoms with E-state index in [1.807, 2.05) is 44.6 Å². The van der Waals surface area contributed by atoms with Gasteiger partial charge in [0, 0.05) is 24.3 Å². The Labute approximate surface area is 141 Å². The van der Waals surface area contributed by atoms with E-state index < -0.39 is 0 Å². The molecule has 0 saturated carbocycles. The SMILES string of the molecule is COc1ccc2c(c1)c(CCN(C)C)cn2C(=O)c1ccccn1. The van der Waals surface area contributed by atoms with Gasteiger partial charge in [-0.15, -0.1) is 0 Å². The fraction of sp³-hybridized carbons (Fsp3) is 0.263. The molecule has 0 atom stereocenters. The van der Waals surface area contributed by atoms with Gasteiger partial charge in [0.05, 0.1) is 12.6 Å². The summed E-state index contributed by atoms with van der Waals surface area (Å²) in [5.41, 5.74) is 2.44. The third kappa shape index (κ3) is 3.16. The van der Waals surface area contributed by atoms with Crippen molar-refractivity contribution in [1.29, 1.82) is 0 Å². The minimum Gasteiger partial charge on any atom is -0.497 e. The quantitative estimate of drug-likeness (QED) is 0.724. The van der Waals surface area contributed by atoms with Gasteiger partial charge in [0.2, 0.25) is 0 Å². The van der Waals surface area contributed by atoms with Crippen LogP contribution in [0.15, 0.2) is 48.8 Å². The number of rotatable bonds is 5. The zero-order valence-corrected chi connectivity index (χ0v) is 14.2. The monoisotopic (exact) mass is 323 g/mol. The topological polar surface area (TPSA) is 47.4 Å². The van der Waals surface area contributed by atoms with Crippen LogP contribution in [0.3, 0.4) is 0 Å². The average molecular weight is 323 g/mol. The molecule has 5 heteroatoms. The van der Waals surface area contributed by atoms with E-state index in [2.05, 4.69) is 9.88 Å². The summed E-state index contributed by atoms with van der Waals surface area (Å²) < 4.78 is 7.02. The van der Waals surface area contributed by atoms with Crippen molar-refractivity contribution >= 4 is 16.8 Å². The number of methoxy groups -OCH3 is 1. The van der Waals surface area contributed by atoms with Gasteiger partial charge in [-0.1, -0.05) is 6.07 Å². The largest absolute Gasteiger partial charge is 0.497 e. The van der Waals surface area contributed by atoms with Crippen LogP contribution >= 0.6 is 0 Å². The molecule has 0 radical (unpaired) electrons. The third-order valence-corrected chi connectivity index (χ3v) is 4.03. The van der Waals surface area contributed by atoms with Crippen LogP contribution < -0.4 is 4.74 Å². The van der Waals surface area contributed by atoms with Crippen molar-refractivity contribution < 1.29 is 9.53 Å². The van der Waals surface area contributed by atoms with Gasteiger partial charge in [0.1, 0.15) is 11.4 Å². The Hall–Kier alpha value is -2.66. The summed E-state index contributed by atoms with van der Waals surface area (Å²) in [6, 6.07) is 11.1. The molecule has 0 amide bonds. The second-order valence-corrected chi connectivity index (χ2v) is 5.98. The first-order valence-corrected chi connectivity index (χ1v) is 7.88. The van der Waals surface area contributed by atoms with Gasteiger partial charge in [-0.25, -0.2) is 0 Å². The molecule has 0 bridgehead atoms.